The highest BCUT2D eigenvalue weighted by atomic mass is 16.3. The maximum Gasteiger partial charge on any atom is 0.155 e. The predicted octanol–water partition coefficient (Wildman–Crippen LogP) is 3.80. The number of carbonyl (C=O) groups excluding carboxylic acids is 1. The number of aliphatic hydroxyl groups is 2. The van der Waals surface area contributed by atoms with Crippen LogP contribution < -0.4 is 0 Å². The normalized spacial score (nSPS) is 46.5. The van der Waals surface area contributed by atoms with E-state index in [0.29, 0.717) is 29.5 Å². The van der Waals surface area contributed by atoms with Gasteiger partial charge < -0.3 is 10.2 Å². The van der Waals surface area contributed by atoms with Gasteiger partial charge in [-0.05, 0) is 81.1 Å². The lowest BCUT2D eigenvalue weighted by atomic mass is 9.49. The molecule has 6 atom stereocenters. The summed E-state index contributed by atoms with van der Waals surface area (Å²) >= 11 is 0. The van der Waals surface area contributed by atoms with Crippen molar-refractivity contribution in [1.82, 2.24) is 0 Å². The Balaban J connectivity index is 1.64. The summed E-state index contributed by atoms with van der Waals surface area (Å²) in [5.74, 6) is 2.94. The summed E-state index contributed by atoms with van der Waals surface area (Å²) in [6.07, 6.45) is 14.9. The molecule has 4 rings (SSSR count). The zero-order valence-electron chi connectivity index (χ0n) is 15.4. The average molecular weight is 344 g/mol. The molecule has 4 aliphatic rings. The van der Waals surface area contributed by atoms with E-state index in [0.717, 1.165) is 44.9 Å². The second-order valence-corrected chi connectivity index (χ2v) is 8.90. The van der Waals surface area contributed by atoms with Gasteiger partial charge in [0.1, 0.15) is 0 Å². The Morgan fingerprint density at radius 2 is 2.00 bits per heavy atom. The SMILES string of the molecule is CC[C@]12CCC3C(CCC4=CC(=O)CC[C@@H]43)C1CC[C@@]2(O)/C=C\CO. The van der Waals surface area contributed by atoms with Crippen LogP contribution in [0.15, 0.2) is 23.8 Å². The first-order valence-electron chi connectivity index (χ1n) is 10.3. The van der Waals surface area contributed by atoms with E-state index in [1.54, 1.807) is 6.08 Å². The number of fused-ring (bicyclic) bond motifs is 5. The number of carbonyl (C=O) groups is 1. The number of rotatable bonds is 3. The first-order valence-corrected chi connectivity index (χ1v) is 10.3. The number of hydrogen-bond acceptors (Lipinski definition) is 3. The number of hydrogen-bond donors (Lipinski definition) is 2. The van der Waals surface area contributed by atoms with Crippen LogP contribution in [0.1, 0.15) is 64.7 Å². The van der Waals surface area contributed by atoms with Crippen molar-refractivity contribution in [2.24, 2.45) is 29.1 Å². The van der Waals surface area contributed by atoms with Gasteiger partial charge in [0.05, 0.1) is 12.2 Å². The number of allylic oxidation sites excluding steroid dienone is 1. The fourth-order valence-corrected chi connectivity index (χ4v) is 7.29. The minimum absolute atomic E-state index is 0.00306. The van der Waals surface area contributed by atoms with Crippen molar-refractivity contribution in [3.8, 4) is 0 Å². The Morgan fingerprint density at radius 1 is 1.16 bits per heavy atom. The van der Waals surface area contributed by atoms with E-state index in [9.17, 15) is 15.0 Å². The van der Waals surface area contributed by atoms with E-state index < -0.39 is 5.60 Å². The van der Waals surface area contributed by atoms with Crippen molar-refractivity contribution in [2.45, 2.75) is 70.3 Å². The third-order valence-corrected chi connectivity index (χ3v) is 8.34. The van der Waals surface area contributed by atoms with Crippen molar-refractivity contribution in [2.75, 3.05) is 6.61 Å². The lowest BCUT2D eigenvalue weighted by Gasteiger charge is -2.56. The largest absolute Gasteiger partial charge is 0.392 e. The van der Waals surface area contributed by atoms with Crippen molar-refractivity contribution in [3.63, 3.8) is 0 Å². The van der Waals surface area contributed by atoms with Crippen molar-refractivity contribution in [3.05, 3.63) is 23.8 Å². The van der Waals surface area contributed by atoms with Gasteiger partial charge in [-0.2, -0.15) is 0 Å². The molecule has 0 aromatic carbocycles. The minimum atomic E-state index is -0.751. The van der Waals surface area contributed by atoms with E-state index in [2.05, 4.69) is 6.92 Å². The second kappa shape index (κ2) is 6.35. The van der Waals surface area contributed by atoms with Gasteiger partial charge in [0.2, 0.25) is 0 Å². The molecule has 4 aliphatic carbocycles. The molecule has 3 unspecified atom stereocenters. The fourth-order valence-electron chi connectivity index (χ4n) is 7.29. The van der Waals surface area contributed by atoms with Gasteiger partial charge in [-0.25, -0.2) is 0 Å². The third kappa shape index (κ3) is 2.49. The molecule has 3 heteroatoms. The van der Waals surface area contributed by atoms with Crippen LogP contribution in [-0.4, -0.2) is 28.2 Å². The Hall–Kier alpha value is -0.930. The quantitative estimate of drug-likeness (QED) is 0.766. The molecule has 0 heterocycles. The number of ketones is 1. The highest BCUT2D eigenvalue weighted by Gasteiger charge is 2.62. The minimum Gasteiger partial charge on any atom is -0.392 e. The maximum absolute atomic E-state index is 11.8. The predicted molar refractivity (Wildman–Crippen MR) is 97.9 cm³/mol. The molecule has 0 radical (unpaired) electrons. The summed E-state index contributed by atoms with van der Waals surface area (Å²) in [7, 11) is 0. The van der Waals surface area contributed by atoms with Crippen LogP contribution >= 0.6 is 0 Å². The first kappa shape index (κ1) is 17.5. The maximum atomic E-state index is 11.8. The Morgan fingerprint density at radius 3 is 2.76 bits per heavy atom. The summed E-state index contributed by atoms with van der Waals surface area (Å²) in [4.78, 5) is 11.8. The monoisotopic (exact) mass is 344 g/mol. The summed E-state index contributed by atoms with van der Waals surface area (Å²) in [6, 6.07) is 0. The second-order valence-electron chi connectivity index (χ2n) is 8.90. The van der Waals surface area contributed by atoms with Crippen LogP contribution in [0, 0.1) is 29.1 Å². The summed E-state index contributed by atoms with van der Waals surface area (Å²) in [5, 5.41) is 20.7. The molecule has 2 N–H and O–H groups in total. The van der Waals surface area contributed by atoms with Crippen LogP contribution in [-0.2, 0) is 4.79 Å². The van der Waals surface area contributed by atoms with E-state index in [-0.39, 0.29) is 12.0 Å². The van der Waals surface area contributed by atoms with Crippen molar-refractivity contribution >= 4 is 5.78 Å². The van der Waals surface area contributed by atoms with E-state index >= 15 is 0 Å². The summed E-state index contributed by atoms with van der Waals surface area (Å²) in [6.45, 7) is 2.24. The third-order valence-electron chi connectivity index (χ3n) is 8.34. The molecule has 3 nitrogen and oxygen atoms in total. The molecule has 138 valence electrons. The molecule has 3 saturated carbocycles. The average Bonchev–Trinajstić information content (AvgIpc) is 2.93. The van der Waals surface area contributed by atoms with Gasteiger partial charge in [0, 0.05) is 11.8 Å². The molecule has 0 saturated heterocycles. The Bertz CT molecular complexity index is 606. The lowest BCUT2D eigenvalue weighted by Crippen LogP contribution is -2.53. The van der Waals surface area contributed by atoms with Crippen LogP contribution in [0.4, 0.5) is 0 Å². The summed E-state index contributed by atoms with van der Waals surface area (Å²) in [5.41, 5.74) is 0.652. The molecule has 25 heavy (non-hydrogen) atoms. The van der Waals surface area contributed by atoms with Gasteiger partial charge in [-0.3, -0.25) is 4.79 Å². The van der Waals surface area contributed by atoms with Gasteiger partial charge in [0.25, 0.3) is 0 Å². The van der Waals surface area contributed by atoms with Gasteiger partial charge >= 0.3 is 0 Å². The molecular formula is C22H32O3. The smallest absolute Gasteiger partial charge is 0.155 e. The molecule has 0 aromatic rings. The van der Waals surface area contributed by atoms with E-state index in [1.165, 1.54) is 18.4 Å². The Kier molecular flexibility index (Phi) is 4.44. The van der Waals surface area contributed by atoms with E-state index in [1.807, 2.05) is 12.2 Å². The van der Waals surface area contributed by atoms with Gasteiger partial charge in [-0.1, -0.05) is 24.6 Å². The van der Waals surface area contributed by atoms with E-state index in [4.69, 9.17) is 0 Å². The molecular weight excluding hydrogens is 312 g/mol. The molecule has 0 amide bonds. The van der Waals surface area contributed by atoms with Crippen LogP contribution in [0.3, 0.4) is 0 Å². The Labute approximate surface area is 151 Å². The van der Waals surface area contributed by atoms with Crippen LogP contribution in [0.2, 0.25) is 0 Å². The molecule has 0 aromatic heterocycles. The summed E-state index contributed by atoms with van der Waals surface area (Å²) < 4.78 is 0. The highest BCUT2D eigenvalue weighted by Crippen LogP contribution is 2.66. The molecule has 0 aliphatic heterocycles. The van der Waals surface area contributed by atoms with Crippen molar-refractivity contribution in [1.29, 1.82) is 0 Å². The standard InChI is InChI=1S/C22H32O3/c1-2-21-11-8-18-17-7-5-16(24)14-15(17)4-6-19(18)20(21)9-12-22(21,25)10-3-13-23/h3,10,14,17-20,23,25H,2,4-9,11-13H2,1H3/b10-3-/t17-,18?,19?,20?,21-,22-/m0/s1. The zero-order chi connectivity index (χ0) is 17.7. The van der Waals surface area contributed by atoms with Crippen molar-refractivity contribution < 1.29 is 15.0 Å². The van der Waals surface area contributed by atoms with Gasteiger partial charge in [0.15, 0.2) is 5.78 Å². The molecule has 0 bridgehead atoms. The topological polar surface area (TPSA) is 57.5 Å². The van der Waals surface area contributed by atoms with Gasteiger partial charge in [-0.15, -0.1) is 0 Å². The first-order chi connectivity index (χ1) is 12.0. The number of aliphatic hydroxyl groups excluding tert-OH is 1. The molecule has 0 spiro atoms. The fraction of sp³-hybridized carbons (Fsp3) is 0.773. The zero-order valence-corrected chi connectivity index (χ0v) is 15.4. The lowest BCUT2D eigenvalue weighted by molar-refractivity contribution is -0.117. The van der Waals surface area contributed by atoms with Crippen LogP contribution in [0.25, 0.3) is 0 Å². The highest BCUT2D eigenvalue weighted by molar-refractivity contribution is 5.91. The van der Waals surface area contributed by atoms with Crippen LogP contribution in [0.5, 0.6) is 0 Å². The molecule has 3 fully saturated rings.